The van der Waals surface area contributed by atoms with Gasteiger partial charge in [0.05, 0.1) is 26.5 Å². The Morgan fingerprint density at radius 1 is 0.758 bits per heavy atom. The number of benzene rings is 2. The number of carboxylic acid groups (broad SMARTS) is 1. The van der Waals surface area contributed by atoms with Crippen LogP contribution in [-0.4, -0.2) is 36.9 Å². The summed E-state index contributed by atoms with van der Waals surface area (Å²) in [6.07, 6.45) is 4.84. The zero-order valence-corrected chi connectivity index (χ0v) is 19.3. The van der Waals surface area contributed by atoms with Crippen molar-refractivity contribution in [3.05, 3.63) is 60.7 Å². The molecule has 1 heterocycles. The summed E-state index contributed by atoms with van der Waals surface area (Å²) in [5, 5.41) is 8.69. The molecular formula is C27H31NO5. The van der Waals surface area contributed by atoms with Crippen LogP contribution in [0.25, 0.3) is 22.4 Å². The van der Waals surface area contributed by atoms with E-state index in [0.29, 0.717) is 12.5 Å². The number of hydrogen-bond donors (Lipinski definition) is 1. The lowest BCUT2D eigenvalue weighted by atomic mass is 9.99. The average Bonchev–Trinajstić information content (AvgIpc) is 2.85. The van der Waals surface area contributed by atoms with Gasteiger partial charge in [0.1, 0.15) is 11.5 Å². The fraction of sp³-hybridized carbons (Fsp3) is 0.333. The number of nitrogens with zero attached hydrogens (tertiary/aromatic N) is 1. The summed E-state index contributed by atoms with van der Waals surface area (Å²) in [6.45, 7) is 0.579. The number of rotatable bonds is 13. The smallest absolute Gasteiger partial charge is 0.303 e. The zero-order chi connectivity index (χ0) is 23.5. The van der Waals surface area contributed by atoms with Gasteiger partial charge in [0.2, 0.25) is 5.88 Å². The van der Waals surface area contributed by atoms with Gasteiger partial charge < -0.3 is 19.3 Å². The van der Waals surface area contributed by atoms with E-state index in [9.17, 15) is 4.79 Å². The SMILES string of the molecule is COc1ccc(-c2ccc(OCCCCCCCC(=O)O)nc2-c2ccc(OC)cc2)cc1. The number of aliphatic carboxylic acids is 1. The molecule has 1 aromatic heterocycles. The van der Waals surface area contributed by atoms with E-state index < -0.39 is 5.97 Å². The van der Waals surface area contributed by atoms with Gasteiger partial charge in [-0.1, -0.05) is 31.4 Å². The molecule has 0 spiro atoms. The first-order valence-corrected chi connectivity index (χ1v) is 11.2. The highest BCUT2D eigenvalue weighted by atomic mass is 16.5. The van der Waals surface area contributed by atoms with Crippen molar-refractivity contribution in [2.45, 2.75) is 38.5 Å². The molecule has 0 saturated heterocycles. The van der Waals surface area contributed by atoms with Gasteiger partial charge in [-0.05, 0) is 60.9 Å². The van der Waals surface area contributed by atoms with Gasteiger partial charge in [-0.2, -0.15) is 0 Å². The molecule has 0 aliphatic heterocycles. The summed E-state index contributed by atoms with van der Waals surface area (Å²) < 4.78 is 16.5. The van der Waals surface area contributed by atoms with E-state index in [2.05, 4.69) is 0 Å². The molecule has 0 atom stereocenters. The summed E-state index contributed by atoms with van der Waals surface area (Å²) in [7, 11) is 3.30. The molecule has 6 heteroatoms. The first-order valence-electron chi connectivity index (χ1n) is 11.2. The molecule has 0 unspecified atom stereocenters. The van der Waals surface area contributed by atoms with Crippen LogP contribution in [0.15, 0.2) is 60.7 Å². The molecule has 0 saturated carbocycles. The third-order valence-electron chi connectivity index (χ3n) is 5.42. The Labute approximate surface area is 195 Å². The highest BCUT2D eigenvalue weighted by Crippen LogP contribution is 2.34. The molecule has 1 N–H and O–H groups in total. The molecule has 0 aliphatic rings. The van der Waals surface area contributed by atoms with E-state index in [0.717, 1.165) is 66.0 Å². The Morgan fingerprint density at radius 2 is 1.33 bits per heavy atom. The fourth-order valence-electron chi connectivity index (χ4n) is 3.58. The van der Waals surface area contributed by atoms with Crippen LogP contribution in [0.5, 0.6) is 17.4 Å². The van der Waals surface area contributed by atoms with Crippen molar-refractivity contribution >= 4 is 5.97 Å². The Balaban J connectivity index is 1.70. The number of ether oxygens (including phenoxy) is 3. The van der Waals surface area contributed by atoms with Gasteiger partial charge in [-0.25, -0.2) is 4.98 Å². The van der Waals surface area contributed by atoms with Crippen LogP contribution in [-0.2, 0) is 4.79 Å². The number of carboxylic acids is 1. The van der Waals surface area contributed by atoms with Crippen LogP contribution >= 0.6 is 0 Å². The number of aromatic nitrogens is 1. The maximum atomic E-state index is 10.6. The van der Waals surface area contributed by atoms with Gasteiger partial charge in [0, 0.05) is 23.6 Å². The van der Waals surface area contributed by atoms with Crippen molar-refractivity contribution in [3.63, 3.8) is 0 Å². The topological polar surface area (TPSA) is 77.9 Å². The van der Waals surface area contributed by atoms with Crippen LogP contribution in [0.1, 0.15) is 38.5 Å². The second-order valence-electron chi connectivity index (χ2n) is 7.76. The van der Waals surface area contributed by atoms with Gasteiger partial charge in [-0.3, -0.25) is 4.79 Å². The van der Waals surface area contributed by atoms with Crippen LogP contribution in [0.4, 0.5) is 0 Å². The molecule has 0 aliphatic carbocycles. The summed E-state index contributed by atoms with van der Waals surface area (Å²) in [4.78, 5) is 15.4. The number of carbonyl (C=O) groups is 1. The van der Waals surface area contributed by atoms with Gasteiger partial charge in [0.25, 0.3) is 0 Å². The molecule has 2 aromatic carbocycles. The standard InChI is InChI=1S/C27H31NO5/c1-31-22-13-9-20(10-14-22)24-17-18-25(33-19-7-5-3-4-6-8-26(29)30)28-27(24)21-11-15-23(32-2)16-12-21/h9-18H,3-8,19H2,1-2H3,(H,29,30). The second kappa shape index (κ2) is 12.5. The zero-order valence-electron chi connectivity index (χ0n) is 19.3. The van der Waals surface area contributed by atoms with Crippen LogP contribution in [0.3, 0.4) is 0 Å². The Morgan fingerprint density at radius 3 is 1.94 bits per heavy atom. The summed E-state index contributed by atoms with van der Waals surface area (Å²) >= 11 is 0. The average molecular weight is 450 g/mol. The molecule has 6 nitrogen and oxygen atoms in total. The molecule has 3 aromatic rings. The highest BCUT2D eigenvalue weighted by molar-refractivity contribution is 5.81. The number of methoxy groups -OCH3 is 2. The minimum absolute atomic E-state index is 0.245. The third-order valence-corrected chi connectivity index (χ3v) is 5.42. The predicted molar refractivity (Wildman–Crippen MR) is 129 cm³/mol. The minimum Gasteiger partial charge on any atom is -0.497 e. The first-order chi connectivity index (χ1) is 16.1. The van der Waals surface area contributed by atoms with E-state index in [1.165, 1.54) is 0 Å². The van der Waals surface area contributed by atoms with E-state index in [-0.39, 0.29) is 6.42 Å². The number of hydrogen-bond acceptors (Lipinski definition) is 5. The van der Waals surface area contributed by atoms with Crippen LogP contribution in [0, 0.1) is 0 Å². The van der Waals surface area contributed by atoms with Crippen LogP contribution in [0.2, 0.25) is 0 Å². The lowest BCUT2D eigenvalue weighted by Crippen LogP contribution is -2.01. The Kier molecular flexibility index (Phi) is 9.12. The second-order valence-corrected chi connectivity index (χ2v) is 7.76. The van der Waals surface area contributed by atoms with Crippen molar-refractivity contribution in [1.29, 1.82) is 0 Å². The largest absolute Gasteiger partial charge is 0.497 e. The molecule has 0 radical (unpaired) electrons. The molecule has 0 bridgehead atoms. The maximum Gasteiger partial charge on any atom is 0.303 e. The maximum absolute atomic E-state index is 10.6. The van der Waals surface area contributed by atoms with Crippen molar-refractivity contribution in [3.8, 4) is 39.8 Å². The Hall–Kier alpha value is -3.54. The van der Waals surface area contributed by atoms with Crippen molar-refractivity contribution in [1.82, 2.24) is 4.98 Å². The van der Waals surface area contributed by atoms with Crippen LogP contribution < -0.4 is 14.2 Å². The lowest BCUT2D eigenvalue weighted by Gasteiger charge is -2.13. The summed E-state index contributed by atoms with van der Waals surface area (Å²) in [5.74, 6) is 1.46. The van der Waals surface area contributed by atoms with Crippen molar-refractivity contribution in [2.24, 2.45) is 0 Å². The summed E-state index contributed by atoms with van der Waals surface area (Å²) in [5.41, 5.74) is 3.87. The van der Waals surface area contributed by atoms with Gasteiger partial charge in [-0.15, -0.1) is 0 Å². The predicted octanol–water partition coefficient (Wildman–Crippen LogP) is 6.24. The van der Waals surface area contributed by atoms with Gasteiger partial charge >= 0.3 is 5.97 Å². The normalized spacial score (nSPS) is 10.6. The molecule has 33 heavy (non-hydrogen) atoms. The number of unbranched alkanes of at least 4 members (excludes halogenated alkanes) is 4. The molecular weight excluding hydrogens is 418 g/mol. The van der Waals surface area contributed by atoms with E-state index >= 15 is 0 Å². The van der Waals surface area contributed by atoms with E-state index in [1.807, 2.05) is 60.7 Å². The fourth-order valence-corrected chi connectivity index (χ4v) is 3.58. The van der Waals surface area contributed by atoms with Crippen molar-refractivity contribution < 1.29 is 24.1 Å². The minimum atomic E-state index is -0.727. The molecule has 0 amide bonds. The molecule has 174 valence electrons. The lowest BCUT2D eigenvalue weighted by molar-refractivity contribution is -0.137. The summed E-state index contributed by atoms with van der Waals surface area (Å²) in [6, 6.07) is 19.7. The van der Waals surface area contributed by atoms with E-state index in [1.54, 1.807) is 14.2 Å². The first kappa shape index (κ1) is 24.1. The monoisotopic (exact) mass is 449 g/mol. The van der Waals surface area contributed by atoms with E-state index in [4.69, 9.17) is 24.3 Å². The van der Waals surface area contributed by atoms with Crippen molar-refractivity contribution in [2.75, 3.05) is 20.8 Å². The third kappa shape index (κ3) is 7.24. The van der Waals surface area contributed by atoms with Gasteiger partial charge in [0.15, 0.2) is 0 Å². The number of pyridine rings is 1. The highest BCUT2D eigenvalue weighted by Gasteiger charge is 2.12. The Bertz CT molecular complexity index is 1020. The molecule has 0 fully saturated rings. The quantitative estimate of drug-likeness (QED) is 0.311. The molecule has 3 rings (SSSR count).